The lowest BCUT2D eigenvalue weighted by Gasteiger charge is -2.17. The van der Waals surface area contributed by atoms with Gasteiger partial charge < -0.3 is 5.32 Å². The molecule has 19 heavy (non-hydrogen) atoms. The Kier molecular flexibility index (Phi) is 4.74. The van der Waals surface area contributed by atoms with Gasteiger partial charge in [0.05, 0.1) is 14.9 Å². The molecule has 1 aromatic rings. The summed E-state index contributed by atoms with van der Waals surface area (Å²) in [6.07, 6.45) is 0.876. The van der Waals surface area contributed by atoms with E-state index >= 15 is 0 Å². The van der Waals surface area contributed by atoms with E-state index in [1.165, 1.54) is 22.5 Å². The molecule has 2 rings (SSSR count). The van der Waals surface area contributed by atoms with Crippen LogP contribution in [0.15, 0.2) is 23.1 Å². The molecule has 0 aliphatic carbocycles. The Morgan fingerprint density at radius 2 is 2.11 bits per heavy atom. The van der Waals surface area contributed by atoms with Crippen molar-refractivity contribution in [1.29, 1.82) is 0 Å². The van der Waals surface area contributed by atoms with Gasteiger partial charge in [0.15, 0.2) is 0 Å². The van der Waals surface area contributed by atoms with E-state index in [9.17, 15) is 8.42 Å². The monoisotopic (exact) mass is 322 g/mol. The molecule has 1 saturated heterocycles. The van der Waals surface area contributed by atoms with Crippen LogP contribution in [0.25, 0.3) is 0 Å². The van der Waals surface area contributed by atoms with Crippen molar-refractivity contribution < 1.29 is 8.42 Å². The number of nitrogens with zero attached hydrogens (tertiary/aromatic N) is 1. The minimum atomic E-state index is -3.47. The zero-order valence-electron chi connectivity index (χ0n) is 10.6. The number of sulfonamides is 1. The molecule has 1 heterocycles. The first-order valence-corrected chi connectivity index (χ1v) is 8.24. The average molecular weight is 323 g/mol. The molecule has 0 spiro atoms. The first kappa shape index (κ1) is 15.1. The summed E-state index contributed by atoms with van der Waals surface area (Å²) in [6, 6.07) is 4.41. The van der Waals surface area contributed by atoms with Crippen molar-refractivity contribution in [3.05, 3.63) is 28.2 Å². The van der Waals surface area contributed by atoms with Gasteiger partial charge in [0.25, 0.3) is 0 Å². The van der Waals surface area contributed by atoms with Crippen molar-refractivity contribution in [2.75, 3.05) is 26.7 Å². The van der Waals surface area contributed by atoms with Gasteiger partial charge in [-0.15, -0.1) is 0 Å². The average Bonchev–Trinajstić information content (AvgIpc) is 2.82. The number of hydrogen-bond acceptors (Lipinski definition) is 3. The van der Waals surface area contributed by atoms with Gasteiger partial charge in [-0.2, -0.15) is 4.31 Å². The van der Waals surface area contributed by atoms with Crippen LogP contribution in [0.3, 0.4) is 0 Å². The molecule has 7 heteroatoms. The second kappa shape index (κ2) is 5.97. The Labute approximate surface area is 123 Å². The number of hydrogen-bond donors (Lipinski definition) is 1. The molecule has 1 aromatic carbocycles. The predicted octanol–water partition coefficient (Wildman–Crippen LogP) is 2.22. The zero-order chi connectivity index (χ0) is 14.0. The van der Waals surface area contributed by atoms with Crippen LogP contribution in [-0.4, -0.2) is 39.4 Å². The van der Waals surface area contributed by atoms with E-state index in [-0.39, 0.29) is 9.92 Å². The van der Waals surface area contributed by atoms with E-state index in [0.29, 0.717) is 24.0 Å². The summed E-state index contributed by atoms with van der Waals surface area (Å²) in [4.78, 5) is 0.201. The highest BCUT2D eigenvalue weighted by Gasteiger charge is 2.32. The summed E-state index contributed by atoms with van der Waals surface area (Å²) in [5.74, 6) is 0.363. The van der Waals surface area contributed by atoms with Crippen LogP contribution in [0.4, 0.5) is 0 Å². The molecule has 106 valence electrons. The van der Waals surface area contributed by atoms with Crippen LogP contribution in [0.5, 0.6) is 0 Å². The van der Waals surface area contributed by atoms with E-state index in [1.807, 2.05) is 7.05 Å². The molecule has 1 N–H and O–H groups in total. The van der Waals surface area contributed by atoms with Crippen molar-refractivity contribution in [2.24, 2.45) is 5.92 Å². The lowest BCUT2D eigenvalue weighted by molar-refractivity contribution is 0.451. The number of halogens is 2. The molecule has 0 radical (unpaired) electrons. The third-order valence-electron chi connectivity index (χ3n) is 3.27. The SMILES string of the molecule is CNC[C@@H]1CCN(S(=O)(=O)c2ccc(Cl)c(Cl)c2)C1. The molecule has 1 aliphatic heterocycles. The standard InChI is InChI=1S/C12H16Cl2N2O2S/c1-15-7-9-4-5-16(8-9)19(17,18)10-2-3-11(13)12(14)6-10/h2-3,6,9,15H,4-5,7-8H2,1H3/t9-/m0/s1. The molecule has 1 aliphatic rings. The van der Waals surface area contributed by atoms with Crippen LogP contribution in [0, 0.1) is 5.92 Å². The quantitative estimate of drug-likeness (QED) is 0.924. The zero-order valence-corrected chi connectivity index (χ0v) is 12.9. The van der Waals surface area contributed by atoms with Crippen molar-refractivity contribution in [1.82, 2.24) is 9.62 Å². The molecule has 0 bridgehead atoms. The van der Waals surface area contributed by atoms with E-state index in [2.05, 4.69) is 5.32 Å². The summed E-state index contributed by atoms with van der Waals surface area (Å²) in [5, 5.41) is 3.69. The molecule has 0 aromatic heterocycles. The highest BCUT2D eigenvalue weighted by Crippen LogP contribution is 2.29. The fourth-order valence-electron chi connectivity index (χ4n) is 2.26. The van der Waals surface area contributed by atoms with Gasteiger partial charge in [-0.1, -0.05) is 23.2 Å². The Balaban J connectivity index is 2.21. The minimum Gasteiger partial charge on any atom is -0.319 e. The van der Waals surface area contributed by atoms with Gasteiger partial charge in [0.1, 0.15) is 0 Å². The fourth-order valence-corrected chi connectivity index (χ4v) is 4.18. The molecular formula is C12H16Cl2N2O2S. The van der Waals surface area contributed by atoms with Crippen LogP contribution < -0.4 is 5.32 Å². The van der Waals surface area contributed by atoms with Crippen LogP contribution in [0.2, 0.25) is 10.0 Å². The molecule has 0 amide bonds. The third-order valence-corrected chi connectivity index (χ3v) is 5.87. The van der Waals surface area contributed by atoms with Gasteiger partial charge in [0.2, 0.25) is 10.0 Å². The Morgan fingerprint density at radius 1 is 1.37 bits per heavy atom. The van der Waals surface area contributed by atoms with Crippen molar-refractivity contribution >= 4 is 33.2 Å². The molecular weight excluding hydrogens is 307 g/mol. The van der Waals surface area contributed by atoms with Crippen LogP contribution >= 0.6 is 23.2 Å². The lowest BCUT2D eigenvalue weighted by Crippen LogP contribution is -2.30. The third kappa shape index (κ3) is 3.23. The van der Waals surface area contributed by atoms with Gasteiger partial charge in [-0.3, -0.25) is 0 Å². The van der Waals surface area contributed by atoms with Gasteiger partial charge in [-0.25, -0.2) is 8.42 Å². The smallest absolute Gasteiger partial charge is 0.243 e. The second-order valence-corrected chi connectivity index (χ2v) is 7.40. The first-order chi connectivity index (χ1) is 8.95. The molecule has 4 nitrogen and oxygen atoms in total. The van der Waals surface area contributed by atoms with Crippen molar-refractivity contribution in [3.8, 4) is 0 Å². The Bertz CT molecular complexity index is 563. The van der Waals surface area contributed by atoms with E-state index in [1.54, 1.807) is 0 Å². The minimum absolute atomic E-state index is 0.201. The Morgan fingerprint density at radius 3 is 2.74 bits per heavy atom. The highest BCUT2D eigenvalue weighted by atomic mass is 35.5. The topological polar surface area (TPSA) is 49.4 Å². The summed E-state index contributed by atoms with van der Waals surface area (Å²) >= 11 is 11.7. The molecule has 1 atom stereocenters. The molecule has 1 fully saturated rings. The summed E-state index contributed by atoms with van der Waals surface area (Å²) in [5.41, 5.74) is 0. The van der Waals surface area contributed by atoms with Crippen LogP contribution in [0.1, 0.15) is 6.42 Å². The van der Waals surface area contributed by atoms with Gasteiger partial charge >= 0.3 is 0 Å². The summed E-state index contributed by atoms with van der Waals surface area (Å²) in [6.45, 7) is 1.92. The highest BCUT2D eigenvalue weighted by molar-refractivity contribution is 7.89. The Hall–Kier alpha value is -0.330. The number of nitrogens with one attached hydrogen (secondary N) is 1. The summed E-state index contributed by atoms with van der Waals surface area (Å²) in [7, 11) is -1.60. The maximum absolute atomic E-state index is 12.5. The maximum atomic E-state index is 12.5. The van der Waals surface area contributed by atoms with E-state index in [0.717, 1.165) is 13.0 Å². The van der Waals surface area contributed by atoms with Crippen molar-refractivity contribution in [3.63, 3.8) is 0 Å². The molecule has 0 unspecified atom stereocenters. The predicted molar refractivity (Wildman–Crippen MR) is 77.3 cm³/mol. The summed E-state index contributed by atoms with van der Waals surface area (Å²) < 4.78 is 26.4. The number of rotatable bonds is 4. The largest absolute Gasteiger partial charge is 0.319 e. The first-order valence-electron chi connectivity index (χ1n) is 6.05. The van der Waals surface area contributed by atoms with Gasteiger partial charge in [0, 0.05) is 13.1 Å². The lowest BCUT2D eigenvalue weighted by atomic mass is 10.1. The fraction of sp³-hybridized carbons (Fsp3) is 0.500. The second-order valence-electron chi connectivity index (χ2n) is 4.65. The van der Waals surface area contributed by atoms with Crippen LogP contribution in [-0.2, 0) is 10.0 Å². The normalized spacial score (nSPS) is 20.9. The van der Waals surface area contributed by atoms with E-state index < -0.39 is 10.0 Å². The van der Waals surface area contributed by atoms with Gasteiger partial charge in [-0.05, 0) is 44.1 Å². The number of benzene rings is 1. The van der Waals surface area contributed by atoms with Crippen molar-refractivity contribution in [2.45, 2.75) is 11.3 Å². The van der Waals surface area contributed by atoms with E-state index in [4.69, 9.17) is 23.2 Å². The maximum Gasteiger partial charge on any atom is 0.243 e. The molecule has 0 saturated carbocycles.